The first kappa shape index (κ1) is 24.7. The SMILES string of the molecule is C=C/C=C(\C=C)COC(=O)NCCCCCNCCNC(=O)OC(C)(C)C. The summed E-state index contributed by atoms with van der Waals surface area (Å²) in [6.07, 6.45) is 7.03. The Morgan fingerprint density at radius 3 is 2.22 bits per heavy atom. The van der Waals surface area contributed by atoms with Crippen LogP contribution in [0.2, 0.25) is 0 Å². The molecule has 0 saturated heterocycles. The number of carbonyl (C=O) groups is 2. The average Bonchev–Trinajstić information content (AvgIpc) is 2.58. The van der Waals surface area contributed by atoms with Crippen LogP contribution in [0.4, 0.5) is 9.59 Å². The number of rotatable bonds is 13. The molecule has 0 spiro atoms. The summed E-state index contributed by atoms with van der Waals surface area (Å²) in [4.78, 5) is 23.0. The van der Waals surface area contributed by atoms with E-state index < -0.39 is 17.8 Å². The summed E-state index contributed by atoms with van der Waals surface area (Å²) in [6.45, 7) is 15.6. The Morgan fingerprint density at radius 1 is 0.926 bits per heavy atom. The van der Waals surface area contributed by atoms with Crippen molar-refractivity contribution in [2.75, 3.05) is 32.8 Å². The van der Waals surface area contributed by atoms with Gasteiger partial charge in [-0.15, -0.1) is 0 Å². The van der Waals surface area contributed by atoms with Gasteiger partial charge >= 0.3 is 12.2 Å². The minimum atomic E-state index is -0.478. The van der Waals surface area contributed by atoms with Gasteiger partial charge < -0.3 is 25.4 Å². The molecule has 0 bridgehead atoms. The first-order valence-corrected chi connectivity index (χ1v) is 9.30. The zero-order valence-electron chi connectivity index (χ0n) is 16.9. The van der Waals surface area contributed by atoms with Gasteiger partial charge in [-0.1, -0.05) is 37.8 Å². The van der Waals surface area contributed by atoms with Gasteiger partial charge in [0.05, 0.1) is 0 Å². The third-order valence-electron chi connectivity index (χ3n) is 3.23. The minimum Gasteiger partial charge on any atom is -0.445 e. The maximum absolute atomic E-state index is 11.5. The summed E-state index contributed by atoms with van der Waals surface area (Å²) in [5.41, 5.74) is 0.321. The molecule has 0 fully saturated rings. The monoisotopic (exact) mass is 381 g/mol. The molecule has 3 N–H and O–H groups in total. The number of unbranched alkanes of at least 4 members (excludes halogenated alkanes) is 2. The Morgan fingerprint density at radius 2 is 1.59 bits per heavy atom. The van der Waals surface area contributed by atoms with E-state index in [4.69, 9.17) is 9.47 Å². The summed E-state index contributed by atoms with van der Waals surface area (Å²) in [5.74, 6) is 0. The molecule has 0 aromatic heterocycles. The molecule has 0 rings (SSSR count). The summed E-state index contributed by atoms with van der Waals surface area (Å²) >= 11 is 0. The van der Waals surface area contributed by atoms with Crippen LogP contribution in [-0.4, -0.2) is 50.6 Å². The molecule has 2 amide bonds. The highest BCUT2D eigenvalue weighted by molar-refractivity contribution is 5.67. The summed E-state index contributed by atoms with van der Waals surface area (Å²) in [5, 5.41) is 8.66. The lowest BCUT2D eigenvalue weighted by molar-refractivity contribution is 0.0528. The highest BCUT2D eigenvalue weighted by Gasteiger charge is 2.15. The van der Waals surface area contributed by atoms with E-state index >= 15 is 0 Å². The fourth-order valence-electron chi connectivity index (χ4n) is 1.96. The van der Waals surface area contributed by atoms with Crippen molar-refractivity contribution in [3.8, 4) is 0 Å². The molecule has 7 heteroatoms. The molecule has 0 radical (unpaired) electrons. The van der Waals surface area contributed by atoms with E-state index in [0.717, 1.165) is 31.4 Å². The van der Waals surface area contributed by atoms with Crippen molar-refractivity contribution >= 4 is 12.2 Å². The second-order valence-electron chi connectivity index (χ2n) is 6.92. The quantitative estimate of drug-likeness (QED) is 0.336. The van der Waals surface area contributed by atoms with Gasteiger partial charge in [-0.25, -0.2) is 9.59 Å². The number of alkyl carbamates (subject to hydrolysis) is 2. The minimum absolute atomic E-state index is 0.183. The van der Waals surface area contributed by atoms with E-state index in [2.05, 4.69) is 29.1 Å². The second kappa shape index (κ2) is 14.8. The number of hydrogen-bond donors (Lipinski definition) is 3. The van der Waals surface area contributed by atoms with Crippen LogP contribution in [-0.2, 0) is 9.47 Å². The largest absolute Gasteiger partial charge is 0.445 e. The smallest absolute Gasteiger partial charge is 0.407 e. The van der Waals surface area contributed by atoms with E-state index in [9.17, 15) is 9.59 Å². The van der Waals surface area contributed by atoms with Crippen molar-refractivity contribution < 1.29 is 19.1 Å². The van der Waals surface area contributed by atoms with Gasteiger partial charge in [-0.3, -0.25) is 0 Å². The van der Waals surface area contributed by atoms with Crippen LogP contribution >= 0.6 is 0 Å². The Balaban J connectivity index is 3.48. The van der Waals surface area contributed by atoms with Gasteiger partial charge in [-0.2, -0.15) is 0 Å². The average molecular weight is 382 g/mol. The van der Waals surface area contributed by atoms with Crippen molar-refractivity contribution in [3.05, 3.63) is 37.0 Å². The van der Waals surface area contributed by atoms with Crippen molar-refractivity contribution in [2.24, 2.45) is 0 Å². The molecular formula is C20H35N3O4. The van der Waals surface area contributed by atoms with Crippen LogP contribution in [0.5, 0.6) is 0 Å². The third kappa shape index (κ3) is 16.9. The standard InChI is InChI=1S/C20H35N3O4/c1-6-11-17(7-2)16-26-18(24)22-13-10-8-9-12-21-14-15-23-19(25)27-20(3,4)5/h6-7,11,21H,1-2,8-10,12-16H2,3-5H3,(H,22,24)(H,23,25)/b17-11+. The van der Waals surface area contributed by atoms with E-state index in [1.165, 1.54) is 0 Å². The first-order chi connectivity index (χ1) is 12.8. The zero-order valence-corrected chi connectivity index (χ0v) is 16.9. The van der Waals surface area contributed by atoms with Crippen molar-refractivity contribution in [1.29, 1.82) is 0 Å². The number of hydrogen-bond acceptors (Lipinski definition) is 5. The molecule has 0 unspecified atom stereocenters. The van der Waals surface area contributed by atoms with Gasteiger partial charge in [0.1, 0.15) is 12.2 Å². The van der Waals surface area contributed by atoms with Crippen molar-refractivity contribution in [3.63, 3.8) is 0 Å². The highest BCUT2D eigenvalue weighted by atomic mass is 16.6. The molecule has 0 aromatic carbocycles. The highest BCUT2D eigenvalue weighted by Crippen LogP contribution is 2.06. The Kier molecular flexibility index (Phi) is 13.6. The number of nitrogens with one attached hydrogen (secondary N) is 3. The van der Waals surface area contributed by atoms with Gasteiger partial charge in [0.2, 0.25) is 0 Å². The predicted molar refractivity (Wildman–Crippen MR) is 109 cm³/mol. The normalized spacial score (nSPS) is 11.4. The predicted octanol–water partition coefficient (Wildman–Crippen LogP) is 3.30. The van der Waals surface area contributed by atoms with Gasteiger partial charge in [0.15, 0.2) is 0 Å². The number of allylic oxidation sites excluding steroid dienone is 2. The van der Waals surface area contributed by atoms with Crippen LogP contribution in [0.3, 0.4) is 0 Å². The lowest BCUT2D eigenvalue weighted by Crippen LogP contribution is -2.36. The number of amides is 2. The molecule has 0 aliphatic carbocycles. The van der Waals surface area contributed by atoms with Crippen LogP contribution in [0.25, 0.3) is 0 Å². The lowest BCUT2D eigenvalue weighted by atomic mass is 10.2. The number of ether oxygens (including phenoxy) is 2. The van der Waals surface area contributed by atoms with E-state index in [-0.39, 0.29) is 6.61 Å². The Labute approximate surface area is 163 Å². The first-order valence-electron chi connectivity index (χ1n) is 9.30. The molecule has 0 heterocycles. The van der Waals surface area contributed by atoms with Gasteiger partial charge in [0.25, 0.3) is 0 Å². The molecule has 0 saturated carbocycles. The zero-order chi connectivity index (χ0) is 20.5. The lowest BCUT2D eigenvalue weighted by Gasteiger charge is -2.19. The van der Waals surface area contributed by atoms with Crippen LogP contribution < -0.4 is 16.0 Å². The maximum atomic E-state index is 11.5. The summed E-state index contributed by atoms with van der Waals surface area (Å²) in [6, 6.07) is 0. The van der Waals surface area contributed by atoms with E-state index in [1.807, 2.05) is 20.8 Å². The van der Waals surface area contributed by atoms with Crippen LogP contribution in [0.1, 0.15) is 40.0 Å². The maximum Gasteiger partial charge on any atom is 0.407 e. The Bertz CT molecular complexity index is 496. The topological polar surface area (TPSA) is 88.7 Å². The second-order valence-corrected chi connectivity index (χ2v) is 6.92. The number of carbonyl (C=O) groups excluding carboxylic acids is 2. The van der Waals surface area contributed by atoms with Crippen molar-refractivity contribution in [2.45, 2.75) is 45.6 Å². The molecule has 7 nitrogen and oxygen atoms in total. The van der Waals surface area contributed by atoms with Crippen molar-refractivity contribution in [1.82, 2.24) is 16.0 Å². The molecule has 27 heavy (non-hydrogen) atoms. The summed E-state index contributed by atoms with van der Waals surface area (Å²) < 4.78 is 10.2. The summed E-state index contributed by atoms with van der Waals surface area (Å²) in [7, 11) is 0. The third-order valence-corrected chi connectivity index (χ3v) is 3.23. The van der Waals surface area contributed by atoms with Gasteiger partial charge in [-0.05, 0) is 45.7 Å². The van der Waals surface area contributed by atoms with E-state index in [0.29, 0.717) is 19.6 Å². The fourth-order valence-corrected chi connectivity index (χ4v) is 1.96. The fraction of sp³-hybridized carbons (Fsp3) is 0.600. The molecule has 0 atom stereocenters. The van der Waals surface area contributed by atoms with Gasteiger partial charge in [0, 0.05) is 19.6 Å². The molecule has 0 aromatic rings. The molecule has 154 valence electrons. The van der Waals surface area contributed by atoms with Crippen LogP contribution in [0, 0.1) is 0 Å². The molecule has 0 aliphatic rings. The molecule has 0 aliphatic heterocycles. The Hall–Kier alpha value is -2.28. The van der Waals surface area contributed by atoms with E-state index in [1.54, 1.807) is 18.2 Å². The molecular weight excluding hydrogens is 346 g/mol. The van der Waals surface area contributed by atoms with Crippen LogP contribution in [0.15, 0.2) is 37.0 Å².